The average Bonchev–Trinajstić information content (AvgIpc) is 2.74. The second kappa shape index (κ2) is 3.60. The fourth-order valence-corrected chi connectivity index (χ4v) is 5.68. The van der Waals surface area contributed by atoms with Crippen molar-refractivity contribution in [2.24, 2.45) is 28.6 Å². The number of aliphatic hydroxyl groups excluding tert-OH is 1. The summed E-state index contributed by atoms with van der Waals surface area (Å²) < 4.78 is 0. The smallest absolute Gasteiger partial charge is 0.0615 e. The van der Waals surface area contributed by atoms with Gasteiger partial charge in [-0.05, 0) is 54.3 Å². The van der Waals surface area contributed by atoms with Gasteiger partial charge in [0.25, 0.3) is 0 Å². The van der Waals surface area contributed by atoms with E-state index in [2.05, 4.69) is 26.8 Å². The lowest BCUT2D eigenvalue weighted by Crippen LogP contribution is -2.28. The van der Waals surface area contributed by atoms with Crippen LogP contribution in [0.5, 0.6) is 0 Å². The number of allylic oxidation sites excluding steroid dienone is 1. The van der Waals surface area contributed by atoms with Crippen LogP contribution in [-0.2, 0) is 0 Å². The fourth-order valence-electron chi connectivity index (χ4n) is 5.68. The van der Waals surface area contributed by atoms with Crippen molar-refractivity contribution in [3.05, 3.63) is 11.6 Å². The summed E-state index contributed by atoms with van der Waals surface area (Å²) in [6.07, 6.45) is 9.06. The molecule has 1 nitrogen and oxygen atoms in total. The largest absolute Gasteiger partial charge is 0.392 e. The monoisotopic (exact) mass is 234 g/mol. The summed E-state index contributed by atoms with van der Waals surface area (Å²) in [4.78, 5) is 0. The van der Waals surface area contributed by atoms with E-state index in [1.165, 1.54) is 32.1 Å². The Hall–Kier alpha value is -0.300. The summed E-state index contributed by atoms with van der Waals surface area (Å²) in [5.41, 5.74) is 2.55. The Balaban J connectivity index is 2.08. The van der Waals surface area contributed by atoms with E-state index in [-0.39, 0.29) is 6.61 Å². The molecule has 96 valence electrons. The molecule has 4 atom stereocenters. The minimum Gasteiger partial charge on any atom is -0.392 e. The van der Waals surface area contributed by atoms with Crippen LogP contribution in [0.15, 0.2) is 11.6 Å². The normalized spacial score (nSPS) is 49.6. The zero-order valence-electron chi connectivity index (χ0n) is 11.5. The highest BCUT2D eigenvalue weighted by atomic mass is 16.2. The highest BCUT2D eigenvalue weighted by Crippen LogP contribution is 2.70. The molecule has 0 aromatic carbocycles. The van der Waals surface area contributed by atoms with Crippen molar-refractivity contribution in [3.63, 3.8) is 0 Å². The minimum absolute atomic E-state index is 0.237. The van der Waals surface area contributed by atoms with Crippen LogP contribution in [0.2, 0.25) is 0 Å². The van der Waals surface area contributed by atoms with E-state index in [1.807, 2.05) is 0 Å². The van der Waals surface area contributed by atoms with Crippen LogP contribution in [0.3, 0.4) is 0 Å². The Bertz CT molecular complexity index is 355. The first-order valence-corrected chi connectivity index (χ1v) is 7.32. The number of rotatable bonds is 1. The van der Waals surface area contributed by atoms with Crippen LogP contribution in [0.1, 0.15) is 52.9 Å². The minimum atomic E-state index is 0.237. The van der Waals surface area contributed by atoms with Crippen molar-refractivity contribution in [2.45, 2.75) is 52.9 Å². The first-order valence-electron chi connectivity index (χ1n) is 7.32. The maximum atomic E-state index is 9.31. The van der Waals surface area contributed by atoms with E-state index < -0.39 is 0 Å². The molecular weight excluding hydrogens is 208 g/mol. The van der Waals surface area contributed by atoms with Gasteiger partial charge >= 0.3 is 0 Å². The van der Waals surface area contributed by atoms with Gasteiger partial charge in [0.15, 0.2) is 0 Å². The van der Waals surface area contributed by atoms with Crippen LogP contribution < -0.4 is 0 Å². The summed E-state index contributed by atoms with van der Waals surface area (Å²) in [6, 6.07) is 0. The summed E-state index contributed by atoms with van der Waals surface area (Å²) in [7, 11) is 0. The summed E-state index contributed by atoms with van der Waals surface area (Å²) in [5, 5.41) is 9.31. The van der Waals surface area contributed by atoms with Crippen LogP contribution in [0, 0.1) is 28.6 Å². The van der Waals surface area contributed by atoms with Crippen LogP contribution in [0.4, 0.5) is 0 Å². The Morgan fingerprint density at radius 1 is 1.24 bits per heavy atom. The Labute approximate surface area is 105 Å². The summed E-state index contributed by atoms with van der Waals surface area (Å²) in [5.74, 6) is 2.56. The highest BCUT2D eigenvalue weighted by Gasteiger charge is 2.62. The molecule has 3 fully saturated rings. The maximum absolute atomic E-state index is 9.31. The molecule has 0 heterocycles. The van der Waals surface area contributed by atoms with Gasteiger partial charge < -0.3 is 5.11 Å². The maximum Gasteiger partial charge on any atom is 0.0615 e. The van der Waals surface area contributed by atoms with E-state index in [4.69, 9.17) is 0 Å². The van der Waals surface area contributed by atoms with Crippen LogP contribution in [0.25, 0.3) is 0 Å². The molecule has 1 N–H and O–H groups in total. The third-order valence-corrected chi connectivity index (χ3v) is 6.26. The summed E-state index contributed by atoms with van der Waals surface area (Å²) in [6.45, 7) is 7.68. The molecule has 17 heavy (non-hydrogen) atoms. The van der Waals surface area contributed by atoms with Crippen molar-refractivity contribution >= 4 is 0 Å². The lowest BCUT2D eigenvalue weighted by atomic mass is 9.68. The number of hydrogen-bond donors (Lipinski definition) is 1. The standard InChI is InChI=1S/C16H26O/c1-15(2)8-4-9-16(3)12(7-10-17)11-5-6-13(16)14(11)15/h7,11,13-14,17H,4-6,8-10H2,1-3H3/b12-7+/t11-,13-,14+,16-/m1/s1. The van der Waals surface area contributed by atoms with Crippen LogP contribution >= 0.6 is 0 Å². The van der Waals surface area contributed by atoms with Gasteiger partial charge in [0, 0.05) is 0 Å². The van der Waals surface area contributed by atoms with Crippen molar-refractivity contribution in [2.75, 3.05) is 6.61 Å². The van der Waals surface area contributed by atoms with Gasteiger partial charge in [0.1, 0.15) is 0 Å². The zero-order valence-corrected chi connectivity index (χ0v) is 11.5. The molecule has 1 heteroatoms. The molecule has 3 aliphatic carbocycles. The number of hydrogen-bond acceptors (Lipinski definition) is 1. The molecule has 0 aromatic rings. The van der Waals surface area contributed by atoms with Crippen molar-refractivity contribution < 1.29 is 5.11 Å². The fraction of sp³-hybridized carbons (Fsp3) is 0.875. The van der Waals surface area contributed by atoms with Crippen molar-refractivity contribution in [1.82, 2.24) is 0 Å². The van der Waals surface area contributed by atoms with E-state index in [0.717, 1.165) is 17.8 Å². The van der Waals surface area contributed by atoms with E-state index in [1.54, 1.807) is 5.57 Å². The van der Waals surface area contributed by atoms with Gasteiger partial charge in [-0.2, -0.15) is 0 Å². The molecular formula is C16H26O. The Morgan fingerprint density at radius 2 is 2.00 bits per heavy atom. The van der Waals surface area contributed by atoms with E-state index in [0.29, 0.717) is 10.8 Å². The van der Waals surface area contributed by atoms with Crippen molar-refractivity contribution in [3.8, 4) is 0 Å². The molecule has 4 bridgehead atoms. The molecule has 3 rings (SSSR count). The molecule has 3 aliphatic rings. The molecule has 0 spiro atoms. The zero-order chi connectivity index (χ0) is 12.3. The quantitative estimate of drug-likeness (QED) is 0.685. The van der Waals surface area contributed by atoms with Gasteiger partial charge in [0.05, 0.1) is 6.61 Å². The number of aliphatic hydroxyl groups is 1. The Kier molecular flexibility index (Phi) is 2.49. The first kappa shape index (κ1) is 11.8. The lowest BCUT2D eigenvalue weighted by Gasteiger charge is -2.36. The average molecular weight is 234 g/mol. The molecule has 0 unspecified atom stereocenters. The van der Waals surface area contributed by atoms with Gasteiger partial charge in [-0.15, -0.1) is 0 Å². The third kappa shape index (κ3) is 1.41. The van der Waals surface area contributed by atoms with E-state index >= 15 is 0 Å². The third-order valence-electron chi connectivity index (χ3n) is 6.26. The first-order chi connectivity index (χ1) is 8.00. The van der Waals surface area contributed by atoms with Crippen molar-refractivity contribution in [1.29, 1.82) is 0 Å². The topological polar surface area (TPSA) is 20.2 Å². The molecule has 0 saturated heterocycles. The molecule has 0 amide bonds. The second-order valence-corrected chi connectivity index (χ2v) is 7.42. The predicted molar refractivity (Wildman–Crippen MR) is 70.6 cm³/mol. The van der Waals surface area contributed by atoms with Gasteiger partial charge in [0.2, 0.25) is 0 Å². The molecule has 0 aromatic heterocycles. The van der Waals surface area contributed by atoms with Gasteiger partial charge in [-0.25, -0.2) is 0 Å². The highest BCUT2D eigenvalue weighted by molar-refractivity contribution is 5.31. The SMILES string of the molecule is CC1(C)CCC[C@]2(C)/C(=C/CO)[C@H]3CC[C@@H]2[C@H]31. The molecule has 0 radical (unpaired) electrons. The summed E-state index contributed by atoms with van der Waals surface area (Å²) >= 11 is 0. The second-order valence-electron chi connectivity index (χ2n) is 7.42. The molecule has 3 saturated carbocycles. The van der Waals surface area contributed by atoms with Gasteiger partial charge in [-0.1, -0.05) is 38.8 Å². The Morgan fingerprint density at radius 3 is 2.71 bits per heavy atom. The molecule has 0 aliphatic heterocycles. The predicted octanol–water partition coefficient (Wildman–Crippen LogP) is 3.78. The lowest BCUT2D eigenvalue weighted by molar-refractivity contribution is 0.141. The van der Waals surface area contributed by atoms with Gasteiger partial charge in [-0.3, -0.25) is 0 Å². The van der Waals surface area contributed by atoms with Crippen LogP contribution in [-0.4, -0.2) is 11.7 Å². The van der Waals surface area contributed by atoms with E-state index in [9.17, 15) is 5.11 Å².